The number of carbonyl (C=O) groups is 1. The number of carbonyl (C=O) groups excluding carboxylic acids is 1. The van der Waals surface area contributed by atoms with Gasteiger partial charge in [0.15, 0.2) is 5.13 Å². The van der Waals surface area contributed by atoms with Crippen LogP contribution in [0.2, 0.25) is 0 Å². The van der Waals surface area contributed by atoms with Crippen molar-refractivity contribution >= 4 is 34.0 Å². The Kier molecular flexibility index (Phi) is 7.04. The lowest BCUT2D eigenvalue weighted by Gasteiger charge is -2.12. The predicted molar refractivity (Wildman–Crippen MR) is 115 cm³/mol. The Morgan fingerprint density at radius 1 is 1.17 bits per heavy atom. The van der Waals surface area contributed by atoms with Crippen LogP contribution in [0.4, 0.5) is 16.8 Å². The highest BCUT2D eigenvalue weighted by Crippen LogP contribution is 2.30. The number of thiazole rings is 1. The number of rotatable bonds is 9. The molecule has 10 heteroatoms. The van der Waals surface area contributed by atoms with Crippen molar-refractivity contribution in [2.45, 2.75) is 19.9 Å². The van der Waals surface area contributed by atoms with Gasteiger partial charge in [-0.1, -0.05) is 11.3 Å². The Bertz CT molecular complexity index is 946. The van der Waals surface area contributed by atoms with Crippen LogP contribution in [0.3, 0.4) is 0 Å². The molecule has 1 amide bonds. The van der Waals surface area contributed by atoms with E-state index in [0.29, 0.717) is 30.5 Å². The highest BCUT2D eigenvalue weighted by Gasteiger charge is 2.09. The average Bonchev–Trinajstić information content (AvgIpc) is 3.19. The fourth-order valence-corrected chi connectivity index (χ4v) is 3.30. The molecule has 3 rings (SSSR count). The molecular weight excluding hydrogens is 388 g/mol. The van der Waals surface area contributed by atoms with E-state index in [2.05, 4.69) is 41.2 Å². The summed E-state index contributed by atoms with van der Waals surface area (Å²) in [6.45, 7) is 4.70. The molecule has 0 aromatic carbocycles. The molecule has 0 aliphatic rings. The van der Waals surface area contributed by atoms with Crippen LogP contribution in [-0.4, -0.2) is 52.0 Å². The van der Waals surface area contributed by atoms with Crippen LogP contribution in [0.15, 0.2) is 36.8 Å². The van der Waals surface area contributed by atoms with Crippen molar-refractivity contribution in [3.8, 4) is 10.4 Å². The molecule has 9 nitrogen and oxygen atoms in total. The Balaban J connectivity index is 1.58. The van der Waals surface area contributed by atoms with Crippen molar-refractivity contribution in [3.05, 3.63) is 42.6 Å². The molecule has 152 valence electrons. The van der Waals surface area contributed by atoms with Crippen LogP contribution in [-0.2, 0) is 4.79 Å². The fraction of sp³-hybridized carbons (Fsp3) is 0.316. The third-order valence-electron chi connectivity index (χ3n) is 4.10. The van der Waals surface area contributed by atoms with Crippen LogP contribution in [0.25, 0.3) is 10.4 Å². The lowest BCUT2D eigenvalue weighted by Crippen LogP contribution is -2.42. The van der Waals surface area contributed by atoms with E-state index in [9.17, 15) is 4.79 Å². The van der Waals surface area contributed by atoms with Crippen molar-refractivity contribution in [2.24, 2.45) is 0 Å². The first-order valence-electron chi connectivity index (χ1n) is 9.23. The summed E-state index contributed by atoms with van der Waals surface area (Å²) in [7, 11) is 1.75. The molecule has 1 unspecified atom stereocenters. The minimum Gasteiger partial charge on any atom is -0.368 e. The average molecular weight is 413 g/mol. The fourth-order valence-electron chi connectivity index (χ4n) is 2.47. The van der Waals surface area contributed by atoms with Crippen LogP contribution in [0, 0.1) is 6.92 Å². The predicted octanol–water partition coefficient (Wildman–Crippen LogP) is 2.18. The van der Waals surface area contributed by atoms with Crippen LogP contribution in [0.5, 0.6) is 0 Å². The van der Waals surface area contributed by atoms with E-state index in [1.165, 1.54) is 11.3 Å². The van der Waals surface area contributed by atoms with Gasteiger partial charge in [0.25, 0.3) is 0 Å². The summed E-state index contributed by atoms with van der Waals surface area (Å²) in [4.78, 5) is 30.1. The molecule has 3 heterocycles. The number of hydrogen-bond donors (Lipinski definition) is 4. The molecule has 0 aliphatic heterocycles. The third kappa shape index (κ3) is 5.93. The molecule has 0 fully saturated rings. The van der Waals surface area contributed by atoms with Gasteiger partial charge < -0.3 is 21.3 Å². The minimum absolute atomic E-state index is 0.0377. The van der Waals surface area contributed by atoms with Gasteiger partial charge in [0.1, 0.15) is 17.5 Å². The molecule has 0 saturated heterocycles. The van der Waals surface area contributed by atoms with E-state index < -0.39 is 0 Å². The zero-order chi connectivity index (χ0) is 20.6. The third-order valence-corrected chi connectivity index (χ3v) is 5.06. The molecule has 3 aromatic heterocycles. The molecule has 3 aromatic rings. The second-order valence-corrected chi connectivity index (χ2v) is 7.34. The number of nitrogens with one attached hydrogen (secondary N) is 4. The van der Waals surface area contributed by atoms with E-state index in [1.807, 2.05) is 38.2 Å². The number of pyridine rings is 1. The van der Waals surface area contributed by atoms with Crippen LogP contribution >= 0.6 is 11.3 Å². The van der Waals surface area contributed by atoms with E-state index in [0.717, 1.165) is 15.6 Å². The smallest absolute Gasteiger partial charge is 0.236 e. The summed E-state index contributed by atoms with van der Waals surface area (Å²) < 4.78 is 0. The zero-order valence-electron chi connectivity index (χ0n) is 16.6. The van der Waals surface area contributed by atoms with Crippen molar-refractivity contribution in [1.29, 1.82) is 0 Å². The number of likely N-dealkylation sites (N-methyl/N-ethyl adjacent to an activating group) is 1. The van der Waals surface area contributed by atoms with Gasteiger partial charge in [-0.15, -0.1) is 0 Å². The number of aryl methyl sites for hydroxylation is 1. The summed E-state index contributed by atoms with van der Waals surface area (Å²) in [5, 5.41) is 12.9. The summed E-state index contributed by atoms with van der Waals surface area (Å²) in [5.74, 6) is 1.94. The highest BCUT2D eigenvalue weighted by molar-refractivity contribution is 7.18. The molecule has 29 heavy (non-hydrogen) atoms. The van der Waals surface area contributed by atoms with Gasteiger partial charge in [-0.25, -0.2) is 15.0 Å². The maximum Gasteiger partial charge on any atom is 0.236 e. The molecule has 0 saturated carbocycles. The number of nitrogens with zero attached hydrogens (tertiary/aromatic N) is 4. The Morgan fingerprint density at radius 2 is 1.93 bits per heavy atom. The molecular formula is C19H24N8OS. The second kappa shape index (κ2) is 9.89. The van der Waals surface area contributed by atoms with E-state index in [-0.39, 0.29) is 11.9 Å². The first-order valence-corrected chi connectivity index (χ1v) is 10.0. The Labute approximate surface area is 173 Å². The lowest BCUT2D eigenvalue weighted by molar-refractivity contribution is -0.122. The molecule has 1 atom stereocenters. The first-order chi connectivity index (χ1) is 14.0. The van der Waals surface area contributed by atoms with Gasteiger partial charge in [-0.2, -0.15) is 0 Å². The largest absolute Gasteiger partial charge is 0.368 e. The van der Waals surface area contributed by atoms with Gasteiger partial charge in [-0.3, -0.25) is 9.78 Å². The number of anilines is 3. The minimum atomic E-state index is -0.220. The van der Waals surface area contributed by atoms with E-state index in [1.54, 1.807) is 19.4 Å². The van der Waals surface area contributed by atoms with Gasteiger partial charge >= 0.3 is 0 Å². The summed E-state index contributed by atoms with van der Waals surface area (Å²) in [6.07, 6.45) is 5.34. The normalized spacial score (nSPS) is 11.7. The van der Waals surface area contributed by atoms with Gasteiger partial charge in [0.2, 0.25) is 5.91 Å². The monoisotopic (exact) mass is 412 g/mol. The second-order valence-electron chi connectivity index (χ2n) is 6.30. The maximum absolute atomic E-state index is 11.8. The molecule has 4 N–H and O–H groups in total. The number of aromatic nitrogens is 4. The summed E-state index contributed by atoms with van der Waals surface area (Å²) >= 11 is 1.54. The van der Waals surface area contributed by atoms with Crippen LogP contribution in [0.1, 0.15) is 12.7 Å². The molecule has 0 aliphatic carbocycles. The van der Waals surface area contributed by atoms with Gasteiger partial charge in [0, 0.05) is 37.7 Å². The molecule has 0 bridgehead atoms. The number of hydrogen-bond acceptors (Lipinski definition) is 9. The van der Waals surface area contributed by atoms with Crippen molar-refractivity contribution in [1.82, 2.24) is 30.6 Å². The zero-order valence-corrected chi connectivity index (χ0v) is 17.4. The SMILES string of the molecule is CNC(C)C(=O)NCCNc1cc(Nc2ncc(-c3ccncc3)s2)nc(C)n1. The summed E-state index contributed by atoms with van der Waals surface area (Å²) in [5.41, 5.74) is 1.07. The number of amides is 1. The quantitative estimate of drug-likeness (QED) is 0.395. The van der Waals surface area contributed by atoms with E-state index in [4.69, 9.17) is 0 Å². The standard InChI is InChI=1S/C19H24N8OS/c1-12(20-3)18(28)23-9-8-22-16-10-17(26-13(2)25-16)27-19-24-11-15(29-19)14-4-6-21-7-5-14/h4-7,10-12,20H,8-9H2,1-3H3,(H,23,28)(H2,22,24,25,26,27). The highest BCUT2D eigenvalue weighted by atomic mass is 32.1. The van der Waals surface area contributed by atoms with Crippen molar-refractivity contribution in [3.63, 3.8) is 0 Å². The summed E-state index contributed by atoms with van der Waals surface area (Å²) in [6, 6.07) is 5.50. The van der Waals surface area contributed by atoms with Crippen molar-refractivity contribution in [2.75, 3.05) is 30.8 Å². The van der Waals surface area contributed by atoms with Gasteiger partial charge in [-0.05, 0) is 38.6 Å². The molecule has 0 spiro atoms. The topological polar surface area (TPSA) is 117 Å². The Morgan fingerprint density at radius 3 is 2.69 bits per heavy atom. The first kappa shape index (κ1) is 20.6. The van der Waals surface area contributed by atoms with Crippen LogP contribution < -0.4 is 21.3 Å². The maximum atomic E-state index is 11.8. The Hall–Kier alpha value is -3.11. The molecule has 0 radical (unpaired) electrons. The lowest BCUT2D eigenvalue weighted by atomic mass is 10.2. The van der Waals surface area contributed by atoms with Gasteiger partial charge in [0.05, 0.1) is 10.9 Å². The van der Waals surface area contributed by atoms with E-state index >= 15 is 0 Å². The van der Waals surface area contributed by atoms with Crippen molar-refractivity contribution < 1.29 is 4.79 Å².